The minimum atomic E-state index is -0.972. The molecule has 1 aromatic carbocycles. The molecule has 0 spiro atoms. The minimum Gasteiger partial charge on any atom is -0.477 e. The largest absolute Gasteiger partial charge is 0.477 e. The van der Waals surface area contributed by atoms with E-state index in [1.54, 1.807) is 5.38 Å². The number of benzene rings is 1. The number of carbonyl (C=O) groups is 1. The molecule has 0 aliphatic carbocycles. The van der Waals surface area contributed by atoms with Crippen molar-refractivity contribution in [2.45, 2.75) is 26.2 Å². The Labute approximate surface area is 116 Å². The third-order valence-electron chi connectivity index (χ3n) is 3.09. The van der Waals surface area contributed by atoms with E-state index >= 15 is 0 Å². The van der Waals surface area contributed by atoms with Crippen LogP contribution < -0.4 is 5.73 Å². The van der Waals surface area contributed by atoms with Crippen LogP contribution in [0.3, 0.4) is 0 Å². The van der Waals surface area contributed by atoms with E-state index in [1.807, 2.05) is 12.1 Å². The van der Waals surface area contributed by atoms with Crippen molar-refractivity contribution in [1.29, 1.82) is 0 Å². The molecule has 4 heteroatoms. The van der Waals surface area contributed by atoms with Gasteiger partial charge in [0.15, 0.2) is 0 Å². The van der Waals surface area contributed by atoms with Crippen molar-refractivity contribution >= 4 is 23.0 Å². The Morgan fingerprint density at radius 1 is 1.21 bits per heavy atom. The number of carboxylic acids is 1. The molecule has 3 nitrogen and oxygen atoms in total. The van der Waals surface area contributed by atoms with Gasteiger partial charge in [0.25, 0.3) is 0 Å². The summed E-state index contributed by atoms with van der Waals surface area (Å²) < 4.78 is 0. The molecule has 0 aliphatic heterocycles. The zero-order valence-corrected chi connectivity index (χ0v) is 12.0. The molecule has 0 fully saturated rings. The Morgan fingerprint density at radius 3 is 2.21 bits per heavy atom. The van der Waals surface area contributed by atoms with Crippen LogP contribution in [0, 0.1) is 0 Å². The fraction of sp³-hybridized carbons (Fsp3) is 0.267. The average Bonchev–Trinajstić information content (AvgIpc) is 2.70. The second-order valence-electron chi connectivity index (χ2n) is 5.52. The number of hydrogen-bond acceptors (Lipinski definition) is 3. The Kier molecular flexibility index (Phi) is 3.37. The van der Waals surface area contributed by atoms with Gasteiger partial charge in [0, 0.05) is 10.9 Å². The lowest BCUT2D eigenvalue weighted by Crippen LogP contribution is -2.10. The van der Waals surface area contributed by atoms with Crippen LogP contribution >= 0.6 is 11.3 Å². The first-order valence-corrected chi connectivity index (χ1v) is 6.90. The SMILES string of the molecule is CC(C)(C)c1ccc(-c2csc(C(=O)O)c2N)cc1. The molecule has 0 atom stereocenters. The predicted molar refractivity (Wildman–Crippen MR) is 79.8 cm³/mol. The standard InChI is InChI=1S/C15H17NO2S/c1-15(2,3)10-6-4-9(5-7-10)11-8-19-13(12(11)16)14(17)18/h4-8H,16H2,1-3H3,(H,17,18). The van der Waals surface area contributed by atoms with E-state index < -0.39 is 5.97 Å². The maximum absolute atomic E-state index is 11.0. The molecule has 2 aromatic rings. The Balaban J connectivity index is 2.41. The maximum Gasteiger partial charge on any atom is 0.348 e. The fourth-order valence-electron chi connectivity index (χ4n) is 1.91. The maximum atomic E-state index is 11.0. The van der Waals surface area contributed by atoms with Crippen LogP contribution in [0.1, 0.15) is 36.0 Å². The monoisotopic (exact) mass is 275 g/mol. The first kappa shape index (κ1) is 13.6. The summed E-state index contributed by atoms with van der Waals surface area (Å²) in [5, 5.41) is 10.8. The molecule has 0 bridgehead atoms. The number of thiophene rings is 1. The number of nitrogens with two attached hydrogens (primary N) is 1. The van der Waals surface area contributed by atoms with Gasteiger partial charge in [0.1, 0.15) is 4.88 Å². The van der Waals surface area contributed by atoms with E-state index in [0.29, 0.717) is 5.69 Å². The number of rotatable bonds is 2. The molecular weight excluding hydrogens is 258 g/mol. The van der Waals surface area contributed by atoms with Crippen molar-refractivity contribution in [2.24, 2.45) is 0 Å². The van der Waals surface area contributed by atoms with Crippen molar-refractivity contribution in [1.82, 2.24) is 0 Å². The number of hydrogen-bond donors (Lipinski definition) is 2. The second-order valence-corrected chi connectivity index (χ2v) is 6.40. The van der Waals surface area contributed by atoms with Gasteiger partial charge in [-0.15, -0.1) is 11.3 Å². The van der Waals surface area contributed by atoms with Crippen molar-refractivity contribution in [3.63, 3.8) is 0 Å². The third-order valence-corrected chi connectivity index (χ3v) is 4.07. The third kappa shape index (κ3) is 2.63. The molecule has 0 unspecified atom stereocenters. The molecule has 19 heavy (non-hydrogen) atoms. The Bertz CT molecular complexity index is 606. The molecule has 0 saturated heterocycles. The van der Waals surface area contributed by atoms with Gasteiger partial charge in [-0.05, 0) is 16.5 Å². The quantitative estimate of drug-likeness (QED) is 0.871. The summed E-state index contributed by atoms with van der Waals surface area (Å²) in [6.45, 7) is 6.47. The lowest BCUT2D eigenvalue weighted by Gasteiger charge is -2.19. The second kappa shape index (κ2) is 4.70. The highest BCUT2D eigenvalue weighted by atomic mass is 32.1. The number of anilines is 1. The minimum absolute atomic E-state index is 0.102. The van der Waals surface area contributed by atoms with Gasteiger partial charge in [-0.2, -0.15) is 0 Å². The van der Waals surface area contributed by atoms with Gasteiger partial charge in [0.05, 0.1) is 5.69 Å². The van der Waals surface area contributed by atoms with Gasteiger partial charge >= 0.3 is 5.97 Å². The fourth-order valence-corrected chi connectivity index (χ4v) is 2.74. The van der Waals surface area contributed by atoms with Crippen molar-refractivity contribution in [3.8, 4) is 11.1 Å². The zero-order chi connectivity index (χ0) is 14.2. The summed E-state index contributed by atoms with van der Waals surface area (Å²) in [6, 6.07) is 8.11. The van der Waals surface area contributed by atoms with Gasteiger partial charge < -0.3 is 10.8 Å². The highest BCUT2D eigenvalue weighted by Gasteiger charge is 2.17. The smallest absolute Gasteiger partial charge is 0.348 e. The summed E-state index contributed by atoms with van der Waals surface area (Å²) in [4.78, 5) is 11.2. The molecule has 0 amide bonds. The topological polar surface area (TPSA) is 63.3 Å². The molecular formula is C15H17NO2S. The Hall–Kier alpha value is -1.81. The normalized spacial score (nSPS) is 11.5. The molecule has 1 heterocycles. The van der Waals surface area contributed by atoms with Crippen LogP contribution in [0.4, 0.5) is 5.69 Å². The van der Waals surface area contributed by atoms with E-state index in [-0.39, 0.29) is 10.3 Å². The van der Waals surface area contributed by atoms with Crippen molar-refractivity contribution in [3.05, 3.63) is 40.1 Å². The first-order chi connectivity index (χ1) is 8.80. The van der Waals surface area contributed by atoms with Crippen LogP contribution in [-0.2, 0) is 5.41 Å². The average molecular weight is 275 g/mol. The summed E-state index contributed by atoms with van der Waals surface area (Å²) in [5.74, 6) is -0.972. The molecule has 0 radical (unpaired) electrons. The predicted octanol–water partition coefficient (Wildman–Crippen LogP) is 3.99. The molecule has 2 rings (SSSR count). The number of carboxylic acid groups (broad SMARTS) is 1. The van der Waals surface area contributed by atoms with Gasteiger partial charge in [-0.1, -0.05) is 45.0 Å². The van der Waals surface area contributed by atoms with Crippen LogP contribution in [0.25, 0.3) is 11.1 Å². The summed E-state index contributed by atoms with van der Waals surface area (Å²) in [7, 11) is 0. The van der Waals surface area contributed by atoms with Crippen molar-refractivity contribution in [2.75, 3.05) is 5.73 Å². The summed E-state index contributed by atoms with van der Waals surface area (Å²) in [5.41, 5.74) is 9.33. The lowest BCUT2D eigenvalue weighted by molar-refractivity contribution is 0.0703. The van der Waals surface area contributed by atoms with E-state index in [2.05, 4.69) is 32.9 Å². The van der Waals surface area contributed by atoms with Gasteiger partial charge in [-0.25, -0.2) is 4.79 Å². The van der Waals surface area contributed by atoms with Crippen LogP contribution in [0.15, 0.2) is 29.6 Å². The van der Waals surface area contributed by atoms with Crippen LogP contribution in [0.2, 0.25) is 0 Å². The molecule has 100 valence electrons. The van der Waals surface area contributed by atoms with Gasteiger partial charge in [0.2, 0.25) is 0 Å². The Morgan fingerprint density at radius 2 is 1.79 bits per heavy atom. The van der Waals surface area contributed by atoms with Gasteiger partial charge in [-0.3, -0.25) is 0 Å². The zero-order valence-electron chi connectivity index (χ0n) is 11.2. The molecule has 3 N–H and O–H groups in total. The highest BCUT2D eigenvalue weighted by molar-refractivity contribution is 7.13. The number of nitrogen functional groups attached to an aromatic ring is 1. The van der Waals surface area contributed by atoms with Crippen LogP contribution in [0.5, 0.6) is 0 Å². The molecule has 0 saturated carbocycles. The summed E-state index contributed by atoms with van der Waals surface area (Å²) in [6.07, 6.45) is 0. The highest BCUT2D eigenvalue weighted by Crippen LogP contribution is 2.35. The van der Waals surface area contributed by atoms with Crippen molar-refractivity contribution < 1.29 is 9.90 Å². The first-order valence-electron chi connectivity index (χ1n) is 6.02. The van der Waals surface area contributed by atoms with E-state index in [9.17, 15) is 4.79 Å². The number of aromatic carboxylic acids is 1. The van der Waals surface area contributed by atoms with E-state index in [4.69, 9.17) is 10.8 Å². The van der Waals surface area contributed by atoms with E-state index in [0.717, 1.165) is 22.5 Å². The van der Waals surface area contributed by atoms with Crippen LogP contribution in [-0.4, -0.2) is 11.1 Å². The summed E-state index contributed by atoms with van der Waals surface area (Å²) >= 11 is 1.16. The molecule has 0 aliphatic rings. The molecule has 1 aromatic heterocycles. The lowest BCUT2D eigenvalue weighted by atomic mass is 9.86. The van der Waals surface area contributed by atoms with E-state index in [1.165, 1.54) is 5.56 Å².